The molecule has 0 aliphatic carbocycles. The van der Waals surface area contributed by atoms with Gasteiger partial charge in [-0.25, -0.2) is 15.0 Å². The lowest BCUT2D eigenvalue weighted by Crippen LogP contribution is -2.41. The molecule has 0 bridgehead atoms. The quantitative estimate of drug-likeness (QED) is 0.638. The Morgan fingerprint density at radius 3 is 2.74 bits per heavy atom. The van der Waals surface area contributed by atoms with Crippen LogP contribution in [-0.4, -0.2) is 56.4 Å². The Morgan fingerprint density at radius 2 is 2.04 bits per heavy atom. The molecule has 0 saturated carbocycles. The molecule has 3 aromatic heterocycles. The van der Waals surface area contributed by atoms with Crippen molar-refractivity contribution in [3.8, 4) is 17.3 Å². The van der Waals surface area contributed by atoms with Gasteiger partial charge in [-0.05, 0) is 44.2 Å². The topological polar surface area (TPSA) is 103 Å². The molecule has 3 N–H and O–H groups in total. The summed E-state index contributed by atoms with van der Waals surface area (Å²) in [4.78, 5) is 15.8. The third-order valence-corrected chi connectivity index (χ3v) is 6.10. The van der Waals surface area contributed by atoms with Gasteiger partial charge in [0.2, 0.25) is 5.88 Å². The molecule has 140 valence electrons. The van der Waals surface area contributed by atoms with Crippen molar-refractivity contribution in [2.45, 2.75) is 26.2 Å². The van der Waals surface area contributed by atoms with E-state index in [9.17, 15) is 5.11 Å². The molecular formula is C19H23N7O. The van der Waals surface area contributed by atoms with Crippen LogP contribution in [0.5, 0.6) is 5.88 Å². The summed E-state index contributed by atoms with van der Waals surface area (Å²) in [5.41, 5.74) is 2.60. The van der Waals surface area contributed by atoms with Crippen molar-refractivity contribution in [3.63, 3.8) is 0 Å². The van der Waals surface area contributed by atoms with Crippen molar-refractivity contribution in [1.82, 2.24) is 30.5 Å². The first-order chi connectivity index (χ1) is 13.2. The fraction of sp³-hybridized carbons (Fsp3) is 0.474. The largest absolute Gasteiger partial charge is 0.492 e. The molecule has 27 heavy (non-hydrogen) atoms. The maximum atomic E-state index is 10.3. The lowest BCUT2D eigenvalue weighted by molar-refractivity contribution is 0.247. The molecule has 5 rings (SSSR count). The molecule has 2 aliphatic heterocycles. The van der Waals surface area contributed by atoms with Crippen molar-refractivity contribution in [3.05, 3.63) is 24.2 Å². The normalized spacial score (nSPS) is 19.2. The number of piperidine rings is 1. The third kappa shape index (κ3) is 2.71. The van der Waals surface area contributed by atoms with Crippen LogP contribution in [-0.2, 0) is 0 Å². The average Bonchev–Trinajstić information content (AvgIpc) is 3.32. The lowest BCUT2D eigenvalue weighted by atomic mass is 9.78. The van der Waals surface area contributed by atoms with Gasteiger partial charge in [0.1, 0.15) is 11.3 Å². The predicted octanol–water partition coefficient (Wildman–Crippen LogP) is 2.01. The molecule has 0 atom stereocenters. The average molecular weight is 365 g/mol. The number of anilines is 1. The Morgan fingerprint density at radius 1 is 1.19 bits per heavy atom. The Balaban J connectivity index is 1.59. The molecule has 2 aliphatic rings. The number of aromatic amines is 1. The molecule has 8 heteroatoms. The van der Waals surface area contributed by atoms with Gasteiger partial charge in [0.15, 0.2) is 5.82 Å². The van der Waals surface area contributed by atoms with Crippen molar-refractivity contribution in [2.24, 2.45) is 5.41 Å². The Bertz CT molecular complexity index is 983. The van der Waals surface area contributed by atoms with Gasteiger partial charge in [-0.3, -0.25) is 5.10 Å². The summed E-state index contributed by atoms with van der Waals surface area (Å²) >= 11 is 0. The minimum atomic E-state index is -0.0629. The Labute approximate surface area is 157 Å². The smallest absolute Gasteiger partial charge is 0.238 e. The first kappa shape index (κ1) is 16.4. The van der Waals surface area contributed by atoms with Crippen LogP contribution in [0.2, 0.25) is 0 Å². The van der Waals surface area contributed by atoms with E-state index in [1.807, 2.05) is 13.0 Å². The highest BCUT2D eigenvalue weighted by atomic mass is 16.3. The zero-order valence-electron chi connectivity index (χ0n) is 15.4. The number of H-pyrrole nitrogens is 1. The summed E-state index contributed by atoms with van der Waals surface area (Å²) < 4.78 is 0. The van der Waals surface area contributed by atoms with E-state index in [0.717, 1.165) is 61.5 Å². The fourth-order valence-corrected chi connectivity index (χ4v) is 4.39. The van der Waals surface area contributed by atoms with E-state index in [1.54, 1.807) is 12.4 Å². The standard InChI is InChI=1S/C19H23N7O/c1-12-14(10-22-25-12)16-23-15-13(2-6-21-18(15)27)17(24-16)26-8-4-19(5-9-26)3-7-20-11-19/h2,6,10,20H,3-5,7-9,11H2,1H3,(H,21,27)(H,22,25). The molecule has 0 radical (unpaired) electrons. The van der Waals surface area contributed by atoms with Gasteiger partial charge in [0, 0.05) is 32.0 Å². The van der Waals surface area contributed by atoms with E-state index in [-0.39, 0.29) is 5.88 Å². The van der Waals surface area contributed by atoms with Crippen molar-refractivity contribution >= 4 is 16.7 Å². The van der Waals surface area contributed by atoms with Crippen LogP contribution in [0.3, 0.4) is 0 Å². The number of rotatable bonds is 2. The van der Waals surface area contributed by atoms with Crippen LogP contribution in [0.25, 0.3) is 22.3 Å². The van der Waals surface area contributed by atoms with Crippen LogP contribution in [0.4, 0.5) is 5.82 Å². The Kier molecular flexibility index (Phi) is 3.75. The summed E-state index contributed by atoms with van der Waals surface area (Å²) in [7, 11) is 0. The van der Waals surface area contributed by atoms with E-state index in [4.69, 9.17) is 4.98 Å². The maximum Gasteiger partial charge on any atom is 0.238 e. The van der Waals surface area contributed by atoms with E-state index in [0.29, 0.717) is 16.8 Å². The molecule has 3 aromatic rings. The minimum Gasteiger partial charge on any atom is -0.492 e. The van der Waals surface area contributed by atoms with Crippen LogP contribution in [0, 0.1) is 12.3 Å². The molecular weight excluding hydrogens is 342 g/mol. The molecule has 0 aromatic carbocycles. The van der Waals surface area contributed by atoms with Crippen LogP contribution in [0.15, 0.2) is 18.5 Å². The number of aromatic nitrogens is 5. The molecule has 0 amide bonds. The number of nitrogens with zero attached hydrogens (tertiary/aromatic N) is 5. The summed E-state index contributed by atoms with van der Waals surface area (Å²) in [6.07, 6.45) is 6.98. The first-order valence-corrected chi connectivity index (χ1v) is 9.47. The predicted molar refractivity (Wildman–Crippen MR) is 103 cm³/mol. The second-order valence-electron chi connectivity index (χ2n) is 7.70. The molecule has 5 heterocycles. The van der Waals surface area contributed by atoms with Crippen molar-refractivity contribution < 1.29 is 5.11 Å². The highest BCUT2D eigenvalue weighted by molar-refractivity contribution is 5.93. The fourth-order valence-electron chi connectivity index (χ4n) is 4.39. The summed E-state index contributed by atoms with van der Waals surface area (Å²) in [6, 6.07) is 1.89. The summed E-state index contributed by atoms with van der Waals surface area (Å²) in [5.74, 6) is 1.37. The number of hydrogen-bond donors (Lipinski definition) is 3. The van der Waals surface area contributed by atoms with Gasteiger partial charge in [0.05, 0.1) is 16.6 Å². The molecule has 2 saturated heterocycles. The SMILES string of the molecule is Cc1n[nH]cc1-c1nc(N2CCC3(CCNC3)CC2)c2ccnc(O)c2n1. The van der Waals surface area contributed by atoms with Crippen LogP contribution < -0.4 is 10.2 Å². The van der Waals surface area contributed by atoms with Crippen LogP contribution in [0.1, 0.15) is 25.0 Å². The van der Waals surface area contributed by atoms with E-state index < -0.39 is 0 Å². The van der Waals surface area contributed by atoms with Crippen LogP contribution >= 0.6 is 0 Å². The molecule has 1 spiro atoms. The zero-order chi connectivity index (χ0) is 18.4. The van der Waals surface area contributed by atoms with E-state index >= 15 is 0 Å². The van der Waals surface area contributed by atoms with Crippen molar-refractivity contribution in [2.75, 3.05) is 31.1 Å². The lowest BCUT2D eigenvalue weighted by Gasteiger charge is -2.39. The minimum absolute atomic E-state index is 0.0629. The van der Waals surface area contributed by atoms with Gasteiger partial charge < -0.3 is 15.3 Å². The first-order valence-electron chi connectivity index (χ1n) is 9.47. The molecule has 0 unspecified atom stereocenters. The maximum absolute atomic E-state index is 10.3. The number of aromatic hydroxyl groups is 1. The number of aryl methyl sites for hydroxylation is 1. The molecule has 8 nitrogen and oxygen atoms in total. The van der Waals surface area contributed by atoms with Gasteiger partial charge in [-0.1, -0.05) is 0 Å². The zero-order valence-corrected chi connectivity index (χ0v) is 15.4. The summed E-state index contributed by atoms with van der Waals surface area (Å²) in [5, 5.41) is 21.7. The number of hydrogen-bond acceptors (Lipinski definition) is 7. The van der Waals surface area contributed by atoms with Gasteiger partial charge in [0.25, 0.3) is 0 Å². The number of fused-ring (bicyclic) bond motifs is 1. The second kappa shape index (κ2) is 6.16. The summed E-state index contributed by atoms with van der Waals surface area (Å²) in [6.45, 7) is 6.08. The number of nitrogens with one attached hydrogen (secondary N) is 2. The van der Waals surface area contributed by atoms with Gasteiger partial charge >= 0.3 is 0 Å². The van der Waals surface area contributed by atoms with E-state index in [2.05, 4.69) is 30.4 Å². The van der Waals surface area contributed by atoms with Crippen molar-refractivity contribution in [1.29, 1.82) is 0 Å². The van der Waals surface area contributed by atoms with Gasteiger partial charge in [-0.15, -0.1) is 0 Å². The Hall–Kier alpha value is -2.74. The molecule has 2 fully saturated rings. The monoisotopic (exact) mass is 365 g/mol. The highest BCUT2D eigenvalue weighted by Gasteiger charge is 2.37. The van der Waals surface area contributed by atoms with E-state index in [1.165, 1.54) is 6.42 Å². The second-order valence-corrected chi connectivity index (χ2v) is 7.70. The number of pyridine rings is 1. The third-order valence-electron chi connectivity index (χ3n) is 6.10. The highest BCUT2D eigenvalue weighted by Crippen LogP contribution is 2.40. The van der Waals surface area contributed by atoms with Gasteiger partial charge in [-0.2, -0.15) is 5.10 Å².